The van der Waals surface area contributed by atoms with E-state index in [0.29, 0.717) is 25.1 Å². The van der Waals surface area contributed by atoms with Crippen LogP contribution in [0.4, 0.5) is 4.39 Å². The van der Waals surface area contributed by atoms with E-state index in [9.17, 15) is 14.0 Å². The zero-order valence-corrected chi connectivity index (χ0v) is 14.6. The largest absolute Gasteiger partial charge is 0.376 e. The fraction of sp³-hybridized carbons (Fsp3) is 0.579. The highest BCUT2D eigenvalue weighted by Gasteiger charge is 2.45. The molecule has 2 fully saturated rings. The van der Waals surface area contributed by atoms with Crippen LogP contribution in [0.2, 0.25) is 0 Å². The van der Waals surface area contributed by atoms with Crippen LogP contribution in [0.5, 0.6) is 0 Å². The third-order valence-corrected chi connectivity index (χ3v) is 5.06. The molecule has 1 aromatic rings. The van der Waals surface area contributed by atoms with E-state index in [1.54, 1.807) is 23.1 Å². The standard InChI is InChI=1S/C19H25FN2O3/c1-2-6-17(23)22-10-5-7-14(11-22)18(24)21-19(12-25-13-19)15-8-3-4-9-16(15)20/h3-4,8-9,14H,2,5-7,10-13H2,1H3,(H,21,24). The van der Waals surface area contributed by atoms with Crippen molar-refractivity contribution < 1.29 is 18.7 Å². The average molecular weight is 348 g/mol. The third kappa shape index (κ3) is 3.68. The van der Waals surface area contributed by atoms with Crippen molar-refractivity contribution in [3.8, 4) is 0 Å². The number of likely N-dealkylation sites (tertiary alicyclic amines) is 1. The lowest BCUT2D eigenvalue weighted by atomic mass is 9.86. The molecule has 0 spiro atoms. The number of nitrogens with one attached hydrogen (secondary N) is 1. The molecule has 1 N–H and O–H groups in total. The second-order valence-electron chi connectivity index (χ2n) is 6.97. The molecule has 2 heterocycles. The van der Waals surface area contributed by atoms with Gasteiger partial charge in [-0.1, -0.05) is 25.1 Å². The van der Waals surface area contributed by atoms with Gasteiger partial charge >= 0.3 is 0 Å². The van der Waals surface area contributed by atoms with Gasteiger partial charge in [-0.2, -0.15) is 0 Å². The lowest BCUT2D eigenvalue weighted by Gasteiger charge is -2.44. The van der Waals surface area contributed by atoms with Gasteiger partial charge in [-0.15, -0.1) is 0 Å². The highest BCUT2D eigenvalue weighted by atomic mass is 19.1. The molecule has 0 bridgehead atoms. The Morgan fingerprint density at radius 2 is 2.12 bits per heavy atom. The monoisotopic (exact) mass is 348 g/mol. The normalized spacial score (nSPS) is 22.2. The van der Waals surface area contributed by atoms with Gasteiger partial charge in [0.2, 0.25) is 11.8 Å². The SMILES string of the molecule is CCCC(=O)N1CCCC(C(=O)NC2(c3ccccc3F)COC2)C1. The van der Waals surface area contributed by atoms with E-state index in [1.165, 1.54) is 6.07 Å². The summed E-state index contributed by atoms with van der Waals surface area (Å²) in [7, 11) is 0. The molecule has 0 saturated carbocycles. The molecule has 0 aliphatic carbocycles. The Labute approximate surface area is 147 Å². The van der Waals surface area contributed by atoms with Crippen LogP contribution in [0.3, 0.4) is 0 Å². The van der Waals surface area contributed by atoms with Crippen molar-refractivity contribution >= 4 is 11.8 Å². The van der Waals surface area contributed by atoms with Crippen LogP contribution in [0.25, 0.3) is 0 Å². The summed E-state index contributed by atoms with van der Waals surface area (Å²) in [6.07, 6.45) is 2.88. The van der Waals surface area contributed by atoms with Crippen LogP contribution in [-0.4, -0.2) is 43.0 Å². The minimum absolute atomic E-state index is 0.107. The molecule has 6 heteroatoms. The van der Waals surface area contributed by atoms with E-state index in [2.05, 4.69) is 5.32 Å². The van der Waals surface area contributed by atoms with Gasteiger partial charge in [0.25, 0.3) is 0 Å². The number of amides is 2. The van der Waals surface area contributed by atoms with E-state index < -0.39 is 5.54 Å². The first kappa shape index (κ1) is 17.9. The van der Waals surface area contributed by atoms with Gasteiger partial charge in [-0.25, -0.2) is 4.39 Å². The molecule has 1 aromatic carbocycles. The molecule has 1 atom stereocenters. The lowest BCUT2D eigenvalue weighted by molar-refractivity contribution is -0.142. The number of benzene rings is 1. The van der Waals surface area contributed by atoms with Gasteiger partial charge in [-0.05, 0) is 25.3 Å². The summed E-state index contributed by atoms with van der Waals surface area (Å²) >= 11 is 0. The summed E-state index contributed by atoms with van der Waals surface area (Å²) < 4.78 is 19.5. The Bertz CT molecular complexity index is 645. The van der Waals surface area contributed by atoms with Crippen molar-refractivity contribution in [2.75, 3.05) is 26.3 Å². The quantitative estimate of drug-likeness (QED) is 0.888. The first-order valence-electron chi connectivity index (χ1n) is 8.98. The molecular weight excluding hydrogens is 323 g/mol. The number of piperidine rings is 1. The van der Waals surface area contributed by atoms with Gasteiger partial charge in [0, 0.05) is 25.1 Å². The smallest absolute Gasteiger partial charge is 0.225 e. The Kier molecular flexibility index (Phi) is 5.37. The second kappa shape index (κ2) is 7.52. The zero-order valence-electron chi connectivity index (χ0n) is 14.6. The van der Waals surface area contributed by atoms with Crippen LogP contribution in [0.1, 0.15) is 38.2 Å². The molecule has 3 rings (SSSR count). The van der Waals surface area contributed by atoms with Gasteiger partial charge in [0.05, 0.1) is 19.1 Å². The first-order valence-corrected chi connectivity index (χ1v) is 8.98. The molecule has 136 valence electrons. The molecular formula is C19H25FN2O3. The topological polar surface area (TPSA) is 58.6 Å². The summed E-state index contributed by atoms with van der Waals surface area (Å²) in [5.74, 6) is -0.607. The first-order chi connectivity index (χ1) is 12.1. The summed E-state index contributed by atoms with van der Waals surface area (Å²) in [5, 5.41) is 3.01. The maximum atomic E-state index is 14.2. The number of hydrogen-bond acceptors (Lipinski definition) is 3. The fourth-order valence-corrected chi connectivity index (χ4v) is 3.58. The molecule has 2 aliphatic heterocycles. The number of halogens is 1. The Hall–Kier alpha value is -1.95. The molecule has 2 aliphatic rings. The van der Waals surface area contributed by atoms with Crippen molar-refractivity contribution in [2.24, 2.45) is 5.92 Å². The molecule has 5 nitrogen and oxygen atoms in total. The summed E-state index contributed by atoms with van der Waals surface area (Å²) in [4.78, 5) is 26.7. The van der Waals surface area contributed by atoms with Crippen LogP contribution >= 0.6 is 0 Å². The van der Waals surface area contributed by atoms with E-state index in [4.69, 9.17) is 4.74 Å². The van der Waals surface area contributed by atoms with E-state index in [-0.39, 0.29) is 36.8 Å². The summed E-state index contributed by atoms with van der Waals surface area (Å²) in [6.45, 7) is 3.67. The number of hydrogen-bond donors (Lipinski definition) is 1. The van der Waals surface area contributed by atoms with E-state index >= 15 is 0 Å². The van der Waals surface area contributed by atoms with Crippen LogP contribution in [0, 0.1) is 11.7 Å². The number of carbonyl (C=O) groups is 2. The minimum Gasteiger partial charge on any atom is -0.376 e. The average Bonchev–Trinajstić information content (AvgIpc) is 2.59. The van der Waals surface area contributed by atoms with E-state index in [1.807, 2.05) is 6.92 Å². The number of rotatable bonds is 5. The lowest BCUT2D eigenvalue weighted by Crippen LogP contribution is -2.61. The Balaban J connectivity index is 1.68. The fourth-order valence-electron chi connectivity index (χ4n) is 3.58. The van der Waals surface area contributed by atoms with Crippen molar-refractivity contribution in [3.05, 3.63) is 35.6 Å². The van der Waals surface area contributed by atoms with Crippen LogP contribution in [-0.2, 0) is 19.9 Å². The predicted octanol–water partition coefficient (Wildman–Crippen LogP) is 2.21. The maximum absolute atomic E-state index is 14.2. The van der Waals surface area contributed by atoms with Crippen molar-refractivity contribution in [3.63, 3.8) is 0 Å². The number of ether oxygens (including phenoxy) is 1. The van der Waals surface area contributed by atoms with Crippen LogP contribution < -0.4 is 5.32 Å². The minimum atomic E-state index is -0.794. The maximum Gasteiger partial charge on any atom is 0.225 e. The zero-order chi connectivity index (χ0) is 17.9. The number of nitrogens with zero attached hydrogens (tertiary/aromatic N) is 1. The third-order valence-electron chi connectivity index (χ3n) is 5.06. The summed E-state index contributed by atoms with van der Waals surface area (Å²) in [6, 6.07) is 6.48. The molecule has 25 heavy (non-hydrogen) atoms. The van der Waals surface area contributed by atoms with Gasteiger partial charge in [0.15, 0.2) is 0 Å². The Morgan fingerprint density at radius 3 is 2.76 bits per heavy atom. The number of carbonyl (C=O) groups excluding carboxylic acids is 2. The molecule has 2 saturated heterocycles. The van der Waals surface area contributed by atoms with Crippen LogP contribution in [0.15, 0.2) is 24.3 Å². The predicted molar refractivity (Wildman–Crippen MR) is 91.3 cm³/mol. The molecule has 2 amide bonds. The van der Waals surface area contributed by atoms with Crippen molar-refractivity contribution in [1.82, 2.24) is 10.2 Å². The molecule has 1 unspecified atom stereocenters. The van der Waals surface area contributed by atoms with Crippen molar-refractivity contribution in [1.29, 1.82) is 0 Å². The van der Waals surface area contributed by atoms with Gasteiger partial charge in [-0.3, -0.25) is 9.59 Å². The highest BCUT2D eigenvalue weighted by molar-refractivity contribution is 5.82. The second-order valence-corrected chi connectivity index (χ2v) is 6.97. The van der Waals surface area contributed by atoms with Gasteiger partial charge in [0.1, 0.15) is 11.4 Å². The van der Waals surface area contributed by atoms with Gasteiger partial charge < -0.3 is 15.0 Å². The highest BCUT2D eigenvalue weighted by Crippen LogP contribution is 2.32. The van der Waals surface area contributed by atoms with Crippen molar-refractivity contribution in [2.45, 2.75) is 38.1 Å². The Morgan fingerprint density at radius 1 is 1.36 bits per heavy atom. The summed E-state index contributed by atoms with van der Waals surface area (Å²) in [5.41, 5.74) is -0.331. The van der Waals surface area contributed by atoms with E-state index in [0.717, 1.165) is 19.3 Å². The molecule has 0 radical (unpaired) electrons. The molecule has 0 aromatic heterocycles.